The van der Waals surface area contributed by atoms with Gasteiger partial charge in [0.2, 0.25) is 5.91 Å². The maximum atomic E-state index is 12.5. The Morgan fingerprint density at radius 1 is 1.03 bits per heavy atom. The summed E-state index contributed by atoms with van der Waals surface area (Å²) < 4.78 is 1.83. The van der Waals surface area contributed by atoms with E-state index in [1.165, 1.54) is 22.7 Å². The number of carbonyl (C=O) groups excluding carboxylic acids is 1. The van der Waals surface area contributed by atoms with Crippen LogP contribution in [-0.2, 0) is 4.79 Å². The molecule has 0 radical (unpaired) electrons. The number of nitrogens with one attached hydrogen (secondary N) is 1. The Labute approximate surface area is 190 Å². The van der Waals surface area contributed by atoms with Crippen LogP contribution in [0.25, 0.3) is 27.5 Å². The van der Waals surface area contributed by atoms with Crippen LogP contribution < -0.4 is 5.32 Å². The summed E-state index contributed by atoms with van der Waals surface area (Å²) in [6, 6.07) is 22.6. The van der Waals surface area contributed by atoms with Crippen LogP contribution in [0.4, 0.5) is 5.69 Å². The van der Waals surface area contributed by atoms with Gasteiger partial charge in [0.05, 0.1) is 17.0 Å². The molecule has 5 nitrogen and oxygen atoms in total. The summed E-state index contributed by atoms with van der Waals surface area (Å²) in [6.07, 6.45) is 3.56. The van der Waals surface area contributed by atoms with Crippen molar-refractivity contribution in [2.45, 2.75) is 18.9 Å². The highest BCUT2D eigenvalue weighted by molar-refractivity contribution is 8.00. The highest BCUT2D eigenvalue weighted by atomic mass is 32.2. The Bertz CT molecular complexity index is 1450. The molecule has 0 aliphatic carbocycles. The molecule has 158 valence electrons. The minimum atomic E-state index is -0.0560. The maximum absolute atomic E-state index is 12.5. The SMILES string of the molecule is Cc1ccc(NC(=O)CSc2nccn3nc(-c4cccc5ccccc45)cc23)c(C)c1. The van der Waals surface area contributed by atoms with E-state index in [1.807, 2.05) is 61.0 Å². The number of hydrogen-bond donors (Lipinski definition) is 1. The molecule has 0 spiro atoms. The average Bonchev–Trinajstić information content (AvgIpc) is 3.24. The van der Waals surface area contributed by atoms with Crippen LogP contribution in [0, 0.1) is 13.8 Å². The van der Waals surface area contributed by atoms with Crippen LogP contribution in [0.1, 0.15) is 11.1 Å². The van der Waals surface area contributed by atoms with Gasteiger partial charge in [-0.25, -0.2) is 9.50 Å². The zero-order chi connectivity index (χ0) is 22.1. The standard InChI is InChI=1S/C26H22N4OS/c1-17-10-11-22(18(2)14-17)28-25(31)16-32-26-24-15-23(29-30(24)13-12-27-26)21-9-5-7-19-6-3-4-8-20(19)21/h3-15H,16H2,1-2H3,(H,28,31). The molecule has 5 aromatic rings. The average molecular weight is 439 g/mol. The molecule has 3 aromatic carbocycles. The third kappa shape index (κ3) is 3.97. The fourth-order valence-electron chi connectivity index (χ4n) is 3.86. The smallest absolute Gasteiger partial charge is 0.234 e. The molecule has 0 bridgehead atoms. The van der Waals surface area contributed by atoms with Gasteiger partial charge < -0.3 is 5.32 Å². The number of thioether (sulfide) groups is 1. The number of benzene rings is 3. The predicted molar refractivity (Wildman–Crippen MR) is 131 cm³/mol. The van der Waals surface area contributed by atoms with Crippen molar-refractivity contribution in [2.75, 3.05) is 11.1 Å². The Morgan fingerprint density at radius 3 is 2.75 bits per heavy atom. The van der Waals surface area contributed by atoms with Gasteiger partial charge in [-0.05, 0) is 42.3 Å². The first-order chi connectivity index (χ1) is 15.6. The maximum Gasteiger partial charge on any atom is 0.234 e. The zero-order valence-electron chi connectivity index (χ0n) is 17.9. The minimum absolute atomic E-state index is 0.0560. The van der Waals surface area contributed by atoms with E-state index in [9.17, 15) is 4.79 Å². The fraction of sp³-hybridized carbons (Fsp3) is 0.115. The molecule has 5 rings (SSSR count). The molecule has 32 heavy (non-hydrogen) atoms. The van der Waals surface area contributed by atoms with Crippen molar-refractivity contribution in [1.82, 2.24) is 14.6 Å². The molecule has 2 aromatic heterocycles. The van der Waals surface area contributed by atoms with Crippen molar-refractivity contribution < 1.29 is 4.79 Å². The second kappa shape index (κ2) is 8.48. The van der Waals surface area contributed by atoms with E-state index in [-0.39, 0.29) is 11.7 Å². The van der Waals surface area contributed by atoms with E-state index in [4.69, 9.17) is 5.10 Å². The Kier molecular flexibility index (Phi) is 5.37. The lowest BCUT2D eigenvalue weighted by atomic mass is 10.0. The van der Waals surface area contributed by atoms with Crippen LogP contribution in [0.5, 0.6) is 0 Å². The van der Waals surface area contributed by atoms with Crippen LogP contribution in [-0.4, -0.2) is 26.3 Å². The Balaban J connectivity index is 1.39. The molecular formula is C26H22N4OS. The third-order valence-corrected chi connectivity index (χ3v) is 6.41. The molecule has 0 aliphatic rings. The van der Waals surface area contributed by atoms with Gasteiger partial charge in [-0.15, -0.1) is 0 Å². The van der Waals surface area contributed by atoms with Gasteiger partial charge in [-0.2, -0.15) is 5.10 Å². The number of anilines is 1. The first-order valence-corrected chi connectivity index (χ1v) is 11.4. The predicted octanol–water partition coefficient (Wildman–Crippen LogP) is 5.90. The van der Waals surface area contributed by atoms with E-state index in [2.05, 4.69) is 40.6 Å². The number of fused-ring (bicyclic) bond motifs is 2. The normalized spacial score (nSPS) is 11.2. The van der Waals surface area contributed by atoms with Crippen LogP contribution in [0.15, 0.2) is 84.1 Å². The van der Waals surface area contributed by atoms with Crippen molar-refractivity contribution in [2.24, 2.45) is 0 Å². The van der Waals surface area contributed by atoms with Crippen LogP contribution in [0.3, 0.4) is 0 Å². The van der Waals surface area contributed by atoms with E-state index in [0.717, 1.165) is 38.4 Å². The van der Waals surface area contributed by atoms with Crippen molar-refractivity contribution in [1.29, 1.82) is 0 Å². The molecule has 0 saturated carbocycles. The van der Waals surface area contributed by atoms with E-state index < -0.39 is 0 Å². The summed E-state index contributed by atoms with van der Waals surface area (Å²) in [5, 5.41) is 10.9. The monoisotopic (exact) mass is 438 g/mol. The summed E-state index contributed by atoms with van der Waals surface area (Å²) in [5.41, 5.74) is 5.93. The van der Waals surface area contributed by atoms with Crippen molar-refractivity contribution in [3.63, 3.8) is 0 Å². The van der Waals surface area contributed by atoms with E-state index in [0.29, 0.717) is 0 Å². The Hall–Kier alpha value is -3.64. The van der Waals surface area contributed by atoms with Gasteiger partial charge in [0, 0.05) is 23.6 Å². The second-order valence-corrected chi connectivity index (χ2v) is 8.74. The number of carbonyl (C=O) groups is 1. The highest BCUT2D eigenvalue weighted by Crippen LogP contribution is 2.30. The van der Waals surface area contributed by atoms with Crippen LogP contribution in [0.2, 0.25) is 0 Å². The van der Waals surface area contributed by atoms with Gasteiger partial charge in [-0.3, -0.25) is 4.79 Å². The summed E-state index contributed by atoms with van der Waals surface area (Å²) in [7, 11) is 0. The van der Waals surface area contributed by atoms with Gasteiger partial charge in [0.1, 0.15) is 5.03 Å². The first-order valence-electron chi connectivity index (χ1n) is 10.4. The number of aromatic nitrogens is 3. The number of amides is 1. The third-order valence-electron chi connectivity index (χ3n) is 5.42. The number of rotatable bonds is 5. The minimum Gasteiger partial charge on any atom is -0.325 e. The Morgan fingerprint density at radius 2 is 1.88 bits per heavy atom. The van der Waals surface area contributed by atoms with Gasteiger partial charge in [-0.1, -0.05) is 71.9 Å². The number of hydrogen-bond acceptors (Lipinski definition) is 4. The molecule has 6 heteroatoms. The summed E-state index contributed by atoms with van der Waals surface area (Å²) in [6.45, 7) is 4.04. The molecule has 0 atom stereocenters. The topological polar surface area (TPSA) is 59.3 Å². The second-order valence-electron chi connectivity index (χ2n) is 7.77. The molecular weight excluding hydrogens is 416 g/mol. The largest absolute Gasteiger partial charge is 0.325 e. The van der Waals surface area contributed by atoms with Crippen molar-refractivity contribution in [3.8, 4) is 11.3 Å². The fourth-order valence-corrected chi connectivity index (χ4v) is 4.64. The number of aryl methyl sites for hydroxylation is 2. The van der Waals surface area contributed by atoms with Crippen LogP contribution >= 0.6 is 11.8 Å². The van der Waals surface area contributed by atoms with Gasteiger partial charge in [0.25, 0.3) is 0 Å². The molecule has 1 amide bonds. The molecule has 0 aliphatic heterocycles. The summed E-state index contributed by atoms with van der Waals surface area (Å²) >= 11 is 1.41. The van der Waals surface area contributed by atoms with Crippen molar-refractivity contribution >= 4 is 39.6 Å². The molecule has 0 fully saturated rings. The molecule has 1 N–H and O–H groups in total. The lowest BCUT2D eigenvalue weighted by molar-refractivity contribution is -0.113. The molecule has 0 saturated heterocycles. The lowest BCUT2D eigenvalue weighted by Crippen LogP contribution is -2.15. The quantitative estimate of drug-likeness (QED) is 0.347. The molecule has 0 unspecified atom stereocenters. The zero-order valence-corrected chi connectivity index (χ0v) is 18.7. The van der Waals surface area contributed by atoms with E-state index in [1.54, 1.807) is 6.20 Å². The van der Waals surface area contributed by atoms with Gasteiger partial charge in [0.15, 0.2) is 0 Å². The number of nitrogens with zero attached hydrogens (tertiary/aromatic N) is 3. The first kappa shape index (κ1) is 20.3. The lowest BCUT2D eigenvalue weighted by Gasteiger charge is -2.09. The van der Waals surface area contributed by atoms with Gasteiger partial charge >= 0.3 is 0 Å². The molecule has 2 heterocycles. The van der Waals surface area contributed by atoms with E-state index >= 15 is 0 Å². The summed E-state index contributed by atoms with van der Waals surface area (Å²) in [5.74, 6) is 0.217. The highest BCUT2D eigenvalue weighted by Gasteiger charge is 2.13. The van der Waals surface area contributed by atoms with Crippen molar-refractivity contribution in [3.05, 3.63) is 90.3 Å². The summed E-state index contributed by atoms with van der Waals surface area (Å²) in [4.78, 5) is 17.1.